The molecule has 2 aromatic rings. The van der Waals surface area contributed by atoms with E-state index in [1.807, 2.05) is 44.3 Å². The van der Waals surface area contributed by atoms with Crippen molar-refractivity contribution >= 4 is 44.9 Å². The zero-order chi connectivity index (χ0) is 13.1. The number of halogens is 2. The Morgan fingerprint density at radius 1 is 1.22 bits per heavy atom. The molecule has 0 bridgehead atoms. The number of aryl methyl sites for hydroxylation is 1. The van der Waals surface area contributed by atoms with E-state index in [4.69, 9.17) is 11.6 Å². The van der Waals surface area contributed by atoms with Crippen molar-refractivity contribution in [3.63, 3.8) is 0 Å². The zero-order valence-corrected chi connectivity index (χ0v) is 12.4. The largest absolute Gasteiger partial charge is 0.373 e. The molecule has 0 aliphatic carbocycles. The van der Waals surface area contributed by atoms with Gasteiger partial charge in [0.15, 0.2) is 0 Å². The van der Waals surface area contributed by atoms with Gasteiger partial charge in [0.25, 0.3) is 0 Å². The molecular formula is C13H13BrClN3. The average molecular weight is 327 g/mol. The maximum Gasteiger partial charge on any atom is 0.132 e. The number of hydrogen-bond acceptors (Lipinski definition) is 3. The summed E-state index contributed by atoms with van der Waals surface area (Å²) in [5, 5.41) is 6.96. The Morgan fingerprint density at radius 2 is 1.94 bits per heavy atom. The monoisotopic (exact) mass is 325 g/mol. The summed E-state index contributed by atoms with van der Waals surface area (Å²) in [5.74, 6) is 1.58. The Bertz CT molecular complexity index is 572. The van der Waals surface area contributed by atoms with Crippen molar-refractivity contribution in [2.45, 2.75) is 6.92 Å². The average Bonchev–Trinajstić information content (AvgIpc) is 2.36. The molecule has 0 aliphatic rings. The van der Waals surface area contributed by atoms with Gasteiger partial charge >= 0.3 is 0 Å². The van der Waals surface area contributed by atoms with Crippen molar-refractivity contribution in [2.24, 2.45) is 0 Å². The minimum absolute atomic E-state index is 0.727. The second kappa shape index (κ2) is 5.59. The van der Waals surface area contributed by atoms with Crippen LogP contribution in [0.25, 0.3) is 0 Å². The van der Waals surface area contributed by atoms with Gasteiger partial charge in [0.05, 0.1) is 5.69 Å². The van der Waals surface area contributed by atoms with Gasteiger partial charge in [-0.15, -0.1) is 0 Å². The minimum atomic E-state index is 0.727. The van der Waals surface area contributed by atoms with Crippen LogP contribution in [0.1, 0.15) is 5.56 Å². The first kappa shape index (κ1) is 13.2. The van der Waals surface area contributed by atoms with Crippen LogP contribution in [0.3, 0.4) is 0 Å². The number of pyridine rings is 1. The van der Waals surface area contributed by atoms with Crippen molar-refractivity contribution in [3.8, 4) is 0 Å². The lowest BCUT2D eigenvalue weighted by Gasteiger charge is -2.10. The smallest absolute Gasteiger partial charge is 0.132 e. The van der Waals surface area contributed by atoms with E-state index in [0.717, 1.165) is 32.4 Å². The Kier molecular flexibility index (Phi) is 4.09. The maximum absolute atomic E-state index is 6.12. The van der Waals surface area contributed by atoms with Crippen molar-refractivity contribution in [3.05, 3.63) is 45.4 Å². The summed E-state index contributed by atoms with van der Waals surface area (Å²) in [4.78, 5) is 4.39. The summed E-state index contributed by atoms with van der Waals surface area (Å²) >= 11 is 9.63. The van der Waals surface area contributed by atoms with E-state index in [0.29, 0.717) is 0 Å². The van der Waals surface area contributed by atoms with Crippen molar-refractivity contribution < 1.29 is 0 Å². The number of rotatable bonds is 3. The summed E-state index contributed by atoms with van der Waals surface area (Å²) in [6.45, 7) is 1.97. The molecule has 5 heteroatoms. The van der Waals surface area contributed by atoms with Crippen molar-refractivity contribution in [2.75, 3.05) is 17.7 Å². The van der Waals surface area contributed by atoms with E-state index in [9.17, 15) is 0 Å². The molecule has 0 atom stereocenters. The van der Waals surface area contributed by atoms with Gasteiger partial charge in [0.1, 0.15) is 11.6 Å². The normalized spacial score (nSPS) is 10.2. The van der Waals surface area contributed by atoms with E-state index in [2.05, 4.69) is 31.5 Å². The van der Waals surface area contributed by atoms with Crippen LogP contribution in [0.2, 0.25) is 5.02 Å². The highest BCUT2D eigenvalue weighted by molar-refractivity contribution is 9.10. The summed E-state index contributed by atoms with van der Waals surface area (Å²) < 4.78 is 0.959. The molecule has 0 amide bonds. The molecule has 1 aromatic carbocycles. The van der Waals surface area contributed by atoms with Crippen LogP contribution < -0.4 is 10.6 Å². The lowest BCUT2D eigenvalue weighted by Crippen LogP contribution is -1.98. The van der Waals surface area contributed by atoms with Crippen LogP contribution in [0.5, 0.6) is 0 Å². The third-order valence-corrected chi connectivity index (χ3v) is 3.58. The van der Waals surface area contributed by atoms with Crippen LogP contribution in [0, 0.1) is 6.92 Å². The molecule has 0 spiro atoms. The second-order valence-corrected chi connectivity index (χ2v) is 5.13. The van der Waals surface area contributed by atoms with Crippen molar-refractivity contribution in [1.29, 1.82) is 0 Å². The molecule has 0 saturated heterocycles. The SMILES string of the molecule is CNc1cccc(Nc2cc(Cl)c(C)cc2Br)n1. The first-order chi connectivity index (χ1) is 8.60. The molecule has 2 rings (SSSR count). The van der Waals surface area contributed by atoms with Gasteiger partial charge in [-0.2, -0.15) is 0 Å². The third-order valence-electron chi connectivity index (χ3n) is 2.52. The standard InChI is InChI=1S/C13H13BrClN3/c1-8-6-9(14)11(7-10(8)15)17-13-5-3-4-12(16-2)18-13/h3-7H,1-2H3,(H2,16,17,18). The lowest BCUT2D eigenvalue weighted by atomic mass is 10.2. The molecule has 0 saturated carbocycles. The summed E-state index contributed by atoms with van der Waals surface area (Å²) in [6, 6.07) is 9.61. The van der Waals surface area contributed by atoms with E-state index < -0.39 is 0 Å². The molecule has 94 valence electrons. The van der Waals surface area contributed by atoms with E-state index >= 15 is 0 Å². The number of nitrogens with one attached hydrogen (secondary N) is 2. The second-order valence-electron chi connectivity index (χ2n) is 3.86. The highest BCUT2D eigenvalue weighted by Crippen LogP contribution is 2.31. The number of nitrogens with zero attached hydrogens (tertiary/aromatic N) is 1. The first-order valence-electron chi connectivity index (χ1n) is 5.47. The predicted octanol–water partition coefficient (Wildman–Crippen LogP) is 4.59. The van der Waals surface area contributed by atoms with Gasteiger partial charge in [-0.25, -0.2) is 4.98 Å². The number of aromatic nitrogens is 1. The van der Waals surface area contributed by atoms with E-state index in [1.54, 1.807) is 0 Å². The predicted molar refractivity (Wildman–Crippen MR) is 81.0 cm³/mol. The third kappa shape index (κ3) is 2.94. The lowest BCUT2D eigenvalue weighted by molar-refractivity contribution is 1.27. The van der Waals surface area contributed by atoms with Gasteiger partial charge in [0.2, 0.25) is 0 Å². The van der Waals surface area contributed by atoms with Gasteiger partial charge in [-0.1, -0.05) is 17.7 Å². The van der Waals surface area contributed by atoms with Crippen LogP contribution in [-0.2, 0) is 0 Å². The highest BCUT2D eigenvalue weighted by atomic mass is 79.9. The molecule has 0 radical (unpaired) electrons. The molecule has 2 N–H and O–H groups in total. The molecule has 0 fully saturated rings. The quantitative estimate of drug-likeness (QED) is 0.866. The number of hydrogen-bond donors (Lipinski definition) is 2. The fraction of sp³-hybridized carbons (Fsp3) is 0.154. The Hall–Kier alpha value is -1.26. The van der Waals surface area contributed by atoms with Gasteiger partial charge in [-0.3, -0.25) is 0 Å². The fourth-order valence-electron chi connectivity index (χ4n) is 1.52. The molecule has 3 nitrogen and oxygen atoms in total. The Labute approximate surface area is 120 Å². The Morgan fingerprint density at radius 3 is 2.67 bits per heavy atom. The maximum atomic E-state index is 6.12. The molecule has 0 unspecified atom stereocenters. The summed E-state index contributed by atoms with van der Waals surface area (Å²) in [5.41, 5.74) is 1.93. The first-order valence-corrected chi connectivity index (χ1v) is 6.64. The molecule has 0 aliphatic heterocycles. The number of anilines is 3. The summed E-state index contributed by atoms with van der Waals surface area (Å²) in [7, 11) is 1.84. The molecule has 1 heterocycles. The van der Waals surface area contributed by atoms with E-state index in [-0.39, 0.29) is 0 Å². The topological polar surface area (TPSA) is 37.0 Å². The van der Waals surface area contributed by atoms with Crippen LogP contribution in [0.4, 0.5) is 17.3 Å². The van der Waals surface area contributed by atoms with E-state index in [1.165, 1.54) is 0 Å². The van der Waals surface area contributed by atoms with Gasteiger partial charge in [-0.05, 0) is 52.7 Å². The molecule has 18 heavy (non-hydrogen) atoms. The number of benzene rings is 1. The Balaban J connectivity index is 2.30. The van der Waals surface area contributed by atoms with Gasteiger partial charge in [0, 0.05) is 16.5 Å². The zero-order valence-electron chi connectivity index (χ0n) is 10.1. The van der Waals surface area contributed by atoms with Crippen molar-refractivity contribution in [1.82, 2.24) is 4.98 Å². The highest BCUT2D eigenvalue weighted by Gasteiger charge is 2.05. The summed E-state index contributed by atoms with van der Waals surface area (Å²) in [6.07, 6.45) is 0. The van der Waals surface area contributed by atoms with Crippen LogP contribution in [-0.4, -0.2) is 12.0 Å². The van der Waals surface area contributed by atoms with Gasteiger partial charge < -0.3 is 10.6 Å². The van der Waals surface area contributed by atoms with Crippen LogP contribution >= 0.6 is 27.5 Å². The fourth-order valence-corrected chi connectivity index (χ4v) is 2.24. The van der Waals surface area contributed by atoms with Crippen LogP contribution in [0.15, 0.2) is 34.8 Å². The molecule has 1 aromatic heterocycles. The minimum Gasteiger partial charge on any atom is -0.373 e. The molecular weight excluding hydrogens is 314 g/mol.